The Labute approximate surface area is 341 Å². The van der Waals surface area contributed by atoms with Gasteiger partial charge < -0.3 is 43.9 Å². The number of hydrogen-bond acceptors (Lipinski definition) is 11. The molecule has 2 aromatic heterocycles. The first-order chi connectivity index (χ1) is 27.8. The Morgan fingerprint density at radius 2 is 1.68 bits per heavy atom. The van der Waals surface area contributed by atoms with E-state index in [-0.39, 0.29) is 18.4 Å². The molecule has 0 unspecified atom stereocenters. The van der Waals surface area contributed by atoms with Gasteiger partial charge in [0.05, 0.1) is 56.3 Å². The van der Waals surface area contributed by atoms with Gasteiger partial charge in [-0.05, 0) is 37.1 Å². The molecule has 1 saturated heterocycles. The largest absolute Gasteiger partial charge is 0.494 e. The van der Waals surface area contributed by atoms with Crippen molar-refractivity contribution in [1.82, 2.24) is 24.3 Å². The van der Waals surface area contributed by atoms with Crippen molar-refractivity contribution >= 4 is 57.3 Å². The molecule has 0 bridgehead atoms. The number of methoxy groups -OCH3 is 1. The highest BCUT2D eigenvalue weighted by Crippen LogP contribution is 2.38. The lowest BCUT2D eigenvalue weighted by molar-refractivity contribution is -0.138. The molecular weight excluding hydrogens is 748 g/mol. The molecule has 308 valence electrons. The maximum absolute atomic E-state index is 12.8. The number of rotatable bonds is 24. The fourth-order valence-corrected chi connectivity index (χ4v) is 6.84. The van der Waals surface area contributed by atoms with Crippen molar-refractivity contribution in [3.63, 3.8) is 0 Å². The summed E-state index contributed by atoms with van der Waals surface area (Å²) in [5.74, 6) is 1.31. The van der Waals surface area contributed by atoms with Crippen molar-refractivity contribution in [3.8, 4) is 17.0 Å². The molecule has 5 rings (SSSR count). The fraction of sp³-hybridized carbons (Fsp3) is 0.476. The molecule has 0 radical (unpaired) electrons. The van der Waals surface area contributed by atoms with Gasteiger partial charge in [0.2, 0.25) is 17.8 Å². The van der Waals surface area contributed by atoms with Gasteiger partial charge in [-0.1, -0.05) is 37.6 Å². The minimum absolute atomic E-state index is 0.0154. The van der Waals surface area contributed by atoms with Crippen molar-refractivity contribution < 1.29 is 28.5 Å². The van der Waals surface area contributed by atoms with E-state index >= 15 is 0 Å². The maximum Gasteiger partial charge on any atom is 0.248 e. The molecule has 1 fully saturated rings. The van der Waals surface area contributed by atoms with Gasteiger partial charge in [0.1, 0.15) is 12.4 Å². The third kappa shape index (κ3) is 12.9. The molecule has 0 atom stereocenters. The molecule has 0 saturated carbocycles. The molecular formula is C42H57ClN8O6. The highest BCUT2D eigenvalue weighted by atomic mass is 35.5. The molecule has 14 nitrogen and oxygen atoms in total. The van der Waals surface area contributed by atoms with Crippen molar-refractivity contribution in [2.24, 2.45) is 7.05 Å². The summed E-state index contributed by atoms with van der Waals surface area (Å²) in [6.07, 6.45) is 9.38. The quantitative estimate of drug-likeness (QED) is 0.0495. The number of amides is 2. The molecule has 0 aliphatic carbocycles. The number of hydrogen-bond donors (Lipinski definition) is 2. The van der Waals surface area contributed by atoms with Gasteiger partial charge in [0, 0.05) is 101 Å². The summed E-state index contributed by atoms with van der Waals surface area (Å²) < 4.78 is 24.6. The zero-order chi connectivity index (χ0) is 40.4. The van der Waals surface area contributed by atoms with Gasteiger partial charge in [0.15, 0.2) is 0 Å². The highest BCUT2D eigenvalue weighted by molar-refractivity contribution is 6.17. The van der Waals surface area contributed by atoms with E-state index in [0.717, 1.165) is 85.7 Å². The zero-order valence-electron chi connectivity index (χ0n) is 33.5. The van der Waals surface area contributed by atoms with Gasteiger partial charge in [0.25, 0.3) is 0 Å². The number of aromatic nitrogens is 3. The number of ether oxygens (including phenoxy) is 4. The number of anilines is 4. The average Bonchev–Trinajstić information content (AvgIpc) is 3.57. The topological polar surface area (TPSA) is 136 Å². The summed E-state index contributed by atoms with van der Waals surface area (Å²) in [5, 5.41) is 7.36. The molecule has 2 aromatic carbocycles. The first-order valence-corrected chi connectivity index (χ1v) is 20.1. The predicted molar refractivity (Wildman–Crippen MR) is 227 cm³/mol. The maximum atomic E-state index is 12.8. The molecule has 2 N–H and O–H groups in total. The molecule has 57 heavy (non-hydrogen) atoms. The van der Waals surface area contributed by atoms with Crippen LogP contribution in [0.5, 0.6) is 5.75 Å². The van der Waals surface area contributed by atoms with E-state index in [1.54, 1.807) is 13.3 Å². The summed E-state index contributed by atoms with van der Waals surface area (Å²) in [7, 11) is 5.59. The van der Waals surface area contributed by atoms with Gasteiger partial charge in [-0.25, -0.2) is 9.97 Å². The number of benzene rings is 2. The number of likely N-dealkylation sites (N-methyl/N-ethyl adjacent to an activating group) is 1. The van der Waals surface area contributed by atoms with Crippen LogP contribution in [0.4, 0.5) is 23.0 Å². The van der Waals surface area contributed by atoms with Crippen LogP contribution in [0.3, 0.4) is 0 Å². The van der Waals surface area contributed by atoms with Crippen molar-refractivity contribution in [1.29, 1.82) is 0 Å². The number of carbonyl (C=O) groups is 2. The van der Waals surface area contributed by atoms with E-state index < -0.39 is 0 Å². The van der Waals surface area contributed by atoms with Crippen LogP contribution in [0, 0.1) is 0 Å². The SMILES string of the molecule is C=CC(=O)Nc1cc(Nc2nccc(-c3cn(C)c4ccccc34)n2)c(OC)cc1N(C)CCN1CCN(C(=O)COCCOCCOCCCCCCCl)CC1. The molecule has 3 heterocycles. The summed E-state index contributed by atoms with van der Waals surface area (Å²) in [6.45, 7) is 10.4. The van der Waals surface area contributed by atoms with E-state index in [4.69, 9.17) is 35.5 Å². The van der Waals surface area contributed by atoms with Gasteiger partial charge in [-0.15, -0.1) is 11.6 Å². The Morgan fingerprint density at radius 3 is 2.44 bits per heavy atom. The number of fused-ring (bicyclic) bond motifs is 1. The van der Waals surface area contributed by atoms with Crippen LogP contribution in [-0.2, 0) is 30.8 Å². The summed E-state index contributed by atoms with van der Waals surface area (Å²) in [4.78, 5) is 40.9. The normalized spacial score (nSPS) is 13.2. The fourth-order valence-electron chi connectivity index (χ4n) is 6.65. The number of piperazine rings is 1. The van der Waals surface area contributed by atoms with Gasteiger partial charge in [-0.3, -0.25) is 14.5 Å². The number of nitrogens with one attached hydrogen (secondary N) is 2. The highest BCUT2D eigenvalue weighted by Gasteiger charge is 2.22. The third-order valence-corrected chi connectivity index (χ3v) is 10.1. The van der Waals surface area contributed by atoms with Crippen LogP contribution in [0.15, 0.2) is 67.5 Å². The Kier molecular flexibility index (Phi) is 17.4. The Hall–Kier alpha value is -4.73. The van der Waals surface area contributed by atoms with E-state index in [9.17, 15) is 9.59 Å². The number of alkyl halides is 1. The lowest BCUT2D eigenvalue weighted by Gasteiger charge is -2.36. The van der Waals surface area contributed by atoms with E-state index in [2.05, 4.69) is 54.9 Å². The number of nitrogens with zero attached hydrogens (tertiary/aromatic N) is 6. The molecule has 4 aromatic rings. The van der Waals surface area contributed by atoms with Crippen LogP contribution in [0.2, 0.25) is 0 Å². The number of unbranched alkanes of at least 4 members (excludes halogenated alkanes) is 3. The number of para-hydroxylation sites is 1. The van der Waals surface area contributed by atoms with Crippen LogP contribution < -0.4 is 20.3 Å². The van der Waals surface area contributed by atoms with Crippen LogP contribution in [0.1, 0.15) is 25.7 Å². The first kappa shape index (κ1) is 43.4. The van der Waals surface area contributed by atoms with Crippen LogP contribution >= 0.6 is 11.6 Å². The molecule has 0 spiro atoms. The van der Waals surface area contributed by atoms with E-state index in [1.165, 1.54) is 6.08 Å². The summed E-state index contributed by atoms with van der Waals surface area (Å²) in [5.41, 5.74) is 4.82. The van der Waals surface area contributed by atoms with E-state index in [0.29, 0.717) is 69.1 Å². The van der Waals surface area contributed by atoms with E-state index in [1.807, 2.05) is 49.3 Å². The van der Waals surface area contributed by atoms with Gasteiger partial charge in [-0.2, -0.15) is 0 Å². The molecule has 1 aliphatic rings. The second-order valence-electron chi connectivity index (χ2n) is 13.8. The lowest BCUT2D eigenvalue weighted by Crippen LogP contribution is -2.51. The Bertz CT molecular complexity index is 1900. The van der Waals surface area contributed by atoms with Crippen molar-refractivity contribution in [3.05, 3.63) is 67.5 Å². The monoisotopic (exact) mass is 804 g/mol. The summed E-state index contributed by atoms with van der Waals surface area (Å²) >= 11 is 5.70. The predicted octanol–water partition coefficient (Wildman–Crippen LogP) is 5.94. The smallest absolute Gasteiger partial charge is 0.248 e. The Balaban J connectivity index is 1.09. The van der Waals surface area contributed by atoms with Crippen LogP contribution in [-0.4, -0.2) is 135 Å². The lowest BCUT2D eigenvalue weighted by atomic mass is 10.1. The second-order valence-corrected chi connectivity index (χ2v) is 14.2. The first-order valence-electron chi connectivity index (χ1n) is 19.6. The molecule has 1 aliphatic heterocycles. The standard InChI is InChI=1S/C42H57ClN8O6/c1-5-40(52)45-35-28-36(47-42-44-16-14-34(46-42)33-30-49(3)37-13-9-8-12-32(33)37)39(54-4)29-38(35)48(2)17-18-50-19-21-51(22-20-50)41(53)31-57-27-26-56-25-24-55-23-11-7-6-10-15-43/h5,8-9,12-14,16,28-30H,1,6-7,10-11,15,17-27,31H2,2-4H3,(H,45,52)(H,44,46,47). The average molecular weight is 805 g/mol. The Morgan fingerprint density at radius 1 is 0.947 bits per heavy atom. The minimum atomic E-state index is -0.336. The van der Waals surface area contributed by atoms with Crippen LogP contribution in [0.25, 0.3) is 22.2 Å². The minimum Gasteiger partial charge on any atom is -0.494 e. The molecule has 15 heteroatoms. The zero-order valence-corrected chi connectivity index (χ0v) is 34.3. The molecule has 2 amide bonds. The number of aryl methyl sites for hydroxylation is 1. The van der Waals surface area contributed by atoms with Crippen molar-refractivity contribution in [2.45, 2.75) is 25.7 Å². The summed E-state index contributed by atoms with van der Waals surface area (Å²) in [6, 6.07) is 13.8. The third-order valence-electron chi connectivity index (χ3n) is 9.87. The second kappa shape index (κ2) is 22.9. The number of carbonyl (C=O) groups excluding carboxylic acids is 2. The van der Waals surface area contributed by atoms with Gasteiger partial charge >= 0.3 is 0 Å². The van der Waals surface area contributed by atoms with Crippen molar-refractivity contribution in [2.75, 3.05) is 114 Å². The number of halogens is 1.